The molecule has 3 amide bonds. The third-order valence-corrected chi connectivity index (χ3v) is 5.24. The lowest BCUT2D eigenvalue weighted by Crippen LogP contribution is -2.53. The number of piperazine rings is 1. The van der Waals surface area contributed by atoms with E-state index < -0.39 is 5.82 Å². The number of amides is 3. The molecule has 3 rings (SSSR count). The smallest absolute Gasteiger partial charge is 0.322 e. The van der Waals surface area contributed by atoms with Gasteiger partial charge in [0.05, 0.1) is 5.69 Å². The van der Waals surface area contributed by atoms with Crippen molar-refractivity contribution in [1.82, 2.24) is 9.80 Å². The Balaban J connectivity index is 1.51. The minimum Gasteiger partial charge on any atom is -0.339 e. The number of urea groups is 1. The van der Waals surface area contributed by atoms with Crippen LogP contribution in [0.3, 0.4) is 0 Å². The lowest BCUT2D eigenvalue weighted by atomic mass is 9.88. The van der Waals surface area contributed by atoms with Gasteiger partial charge in [0.15, 0.2) is 0 Å². The van der Waals surface area contributed by atoms with Crippen LogP contribution in [0.5, 0.6) is 0 Å². The zero-order chi connectivity index (χ0) is 17.8. The Morgan fingerprint density at radius 1 is 1.04 bits per heavy atom. The van der Waals surface area contributed by atoms with Gasteiger partial charge in [0.1, 0.15) is 5.82 Å². The summed E-state index contributed by atoms with van der Waals surface area (Å²) in [6.45, 7) is 1.98. The highest BCUT2D eigenvalue weighted by Gasteiger charge is 2.29. The van der Waals surface area contributed by atoms with Crippen molar-refractivity contribution in [2.45, 2.75) is 32.1 Å². The molecule has 5 nitrogen and oxygen atoms in total. The minimum absolute atomic E-state index is 0.107. The SMILES string of the molecule is O=C(Nc1ccc(Cl)cc1F)N1CCN(C(=O)C2CCCCC2)CC1. The standard InChI is InChI=1S/C18H23ClFN3O2/c19-14-6-7-16(15(20)12-14)21-18(25)23-10-8-22(9-11-23)17(24)13-4-2-1-3-5-13/h6-7,12-13H,1-5,8-11H2,(H,21,25). The van der Waals surface area contributed by atoms with E-state index in [1.54, 1.807) is 4.90 Å². The molecule has 1 aromatic carbocycles. The molecule has 1 saturated heterocycles. The van der Waals surface area contributed by atoms with E-state index in [-0.39, 0.29) is 28.6 Å². The molecule has 2 fully saturated rings. The van der Waals surface area contributed by atoms with E-state index in [4.69, 9.17) is 11.6 Å². The normalized spacial score (nSPS) is 19.0. The zero-order valence-electron chi connectivity index (χ0n) is 14.1. The van der Waals surface area contributed by atoms with E-state index >= 15 is 0 Å². The average molecular weight is 368 g/mol. The topological polar surface area (TPSA) is 52.7 Å². The molecule has 1 aromatic rings. The second-order valence-electron chi connectivity index (χ2n) is 6.70. The summed E-state index contributed by atoms with van der Waals surface area (Å²) in [6.07, 6.45) is 5.45. The van der Waals surface area contributed by atoms with Crippen LogP contribution in [0.2, 0.25) is 5.02 Å². The number of carbonyl (C=O) groups is 2. The summed E-state index contributed by atoms with van der Waals surface area (Å²) >= 11 is 5.71. The number of hydrogen-bond acceptors (Lipinski definition) is 2. The summed E-state index contributed by atoms with van der Waals surface area (Å²) in [5.41, 5.74) is 0.107. The van der Waals surface area contributed by atoms with Gasteiger partial charge in [-0.2, -0.15) is 0 Å². The van der Waals surface area contributed by atoms with Crippen LogP contribution in [0.25, 0.3) is 0 Å². The molecule has 25 heavy (non-hydrogen) atoms. The van der Waals surface area contributed by atoms with Gasteiger partial charge in [-0.3, -0.25) is 4.79 Å². The lowest BCUT2D eigenvalue weighted by molar-refractivity contribution is -0.137. The molecule has 7 heteroatoms. The van der Waals surface area contributed by atoms with E-state index in [2.05, 4.69) is 5.32 Å². The third-order valence-electron chi connectivity index (χ3n) is 5.01. The largest absolute Gasteiger partial charge is 0.339 e. The summed E-state index contributed by atoms with van der Waals surface area (Å²) in [5.74, 6) is -0.187. The number of benzene rings is 1. The van der Waals surface area contributed by atoms with Gasteiger partial charge in [-0.25, -0.2) is 9.18 Å². The number of nitrogens with zero attached hydrogens (tertiary/aromatic N) is 2. The monoisotopic (exact) mass is 367 g/mol. The predicted octanol–water partition coefficient (Wildman–Crippen LogP) is 3.74. The number of halogens is 2. The van der Waals surface area contributed by atoms with Gasteiger partial charge in [-0.15, -0.1) is 0 Å². The number of anilines is 1. The Labute approximate surface area is 152 Å². The number of hydrogen-bond donors (Lipinski definition) is 1. The van der Waals surface area contributed by atoms with Crippen LogP contribution in [-0.2, 0) is 4.79 Å². The molecule has 136 valence electrons. The van der Waals surface area contributed by atoms with Crippen LogP contribution in [0.4, 0.5) is 14.9 Å². The third kappa shape index (κ3) is 4.42. The number of nitrogens with one attached hydrogen (secondary N) is 1. The maximum Gasteiger partial charge on any atom is 0.322 e. The summed E-state index contributed by atoms with van der Waals surface area (Å²) in [6, 6.07) is 3.78. The van der Waals surface area contributed by atoms with Crippen LogP contribution in [0.1, 0.15) is 32.1 Å². The molecule has 2 aliphatic rings. The summed E-state index contributed by atoms with van der Waals surface area (Å²) in [5, 5.41) is 2.85. The van der Waals surface area contributed by atoms with E-state index in [1.807, 2.05) is 4.90 Å². The van der Waals surface area contributed by atoms with Crippen molar-refractivity contribution < 1.29 is 14.0 Å². The molecule has 1 aliphatic carbocycles. The fraction of sp³-hybridized carbons (Fsp3) is 0.556. The van der Waals surface area contributed by atoms with Crippen LogP contribution >= 0.6 is 11.6 Å². The van der Waals surface area contributed by atoms with Gasteiger partial charge in [0.25, 0.3) is 0 Å². The molecule has 1 aliphatic heterocycles. The molecule has 1 N–H and O–H groups in total. The quantitative estimate of drug-likeness (QED) is 0.865. The van der Waals surface area contributed by atoms with Crippen molar-refractivity contribution in [3.8, 4) is 0 Å². The van der Waals surface area contributed by atoms with E-state index in [1.165, 1.54) is 18.6 Å². The maximum atomic E-state index is 13.8. The second kappa shape index (κ2) is 8.04. The molecule has 0 aromatic heterocycles. The van der Waals surface area contributed by atoms with Crippen molar-refractivity contribution in [2.24, 2.45) is 5.92 Å². The average Bonchev–Trinajstić information content (AvgIpc) is 2.64. The highest BCUT2D eigenvalue weighted by molar-refractivity contribution is 6.30. The molecule has 0 bridgehead atoms. The maximum absolute atomic E-state index is 13.8. The van der Waals surface area contributed by atoms with Gasteiger partial charge in [-0.1, -0.05) is 30.9 Å². The minimum atomic E-state index is -0.563. The van der Waals surface area contributed by atoms with Crippen LogP contribution < -0.4 is 5.32 Å². The number of carbonyl (C=O) groups excluding carboxylic acids is 2. The van der Waals surface area contributed by atoms with Crippen LogP contribution in [0, 0.1) is 11.7 Å². The zero-order valence-corrected chi connectivity index (χ0v) is 14.9. The molecule has 0 radical (unpaired) electrons. The summed E-state index contributed by atoms with van der Waals surface area (Å²) in [7, 11) is 0. The van der Waals surface area contributed by atoms with E-state index in [0.29, 0.717) is 26.2 Å². The van der Waals surface area contributed by atoms with Crippen molar-refractivity contribution in [3.63, 3.8) is 0 Å². The second-order valence-corrected chi connectivity index (χ2v) is 7.14. The van der Waals surface area contributed by atoms with Crippen molar-refractivity contribution in [1.29, 1.82) is 0 Å². The Hall–Kier alpha value is -1.82. The van der Waals surface area contributed by atoms with Crippen LogP contribution in [-0.4, -0.2) is 47.9 Å². The Kier molecular flexibility index (Phi) is 5.78. The van der Waals surface area contributed by atoms with Crippen LogP contribution in [0.15, 0.2) is 18.2 Å². The molecule has 1 heterocycles. The highest BCUT2D eigenvalue weighted by atomic mass is 35.5. The van der Waals surface area contributed by atoms with Crippen molar-refractivity contribution >= 4 is 29.2 Å². The Morgan fingerprint density at radius 2 is 1.68 bits per heavy atom. The highest BCUT2D eigenvalue weighted by Crippen LogP contribution is 2.26. The molecular weight excluding hydrogens is 345 g/mol. The number of rotatable bonds is 2. The van der Waals surface area contributed by atoms with Gasteiger partial charge in [-0.05, 0) is 31.0 Å². The first-order chi connectivity index (χ1) is 12.0. The summed E-state index contributed by atoms with van der Waals surface area (Å²) in [4.78, 5) is 28.3. The predicted molar refractivity (Wildman–Crippen MR) is 95.2 cm³/mol. The van der Waals surface area contributed by atoms with Gasteiger partial charge in [0.2, 0.25) is 5.91 Å². The molecular formula is C18H23ClFN3O2. The first-order valence-corrected chi connectivity index (χ1v) is 9.22. The molecule has 1 saturated carbocycles. The fourth-order valence-corrected chi connectivity index (χ4v) is 3.68. The van der Waals surface area contributed by atoms with Gasteiger partial charge in [0, 0.05) is 37.1 Å². The molecule has 0 spiro atoms. The Bertz CT molecular complexity index is 641. The summed E-state index contributed by atoms with van der Waals surface area (Å²) < 4.78 is 13.8. The molecule has 0 unspecified atom stereocenters. The van der Waals surface area contributed by atoms with Gasteiger partial charge < -0.3 is 15.1 Å². The Morgan fingerprint density at radius 3 is 2.32 bits per heavy atom. The fourth-order valence-electron chi connectivity index (χ4n) is 3.52. The first-order valence-electron chi connectivity index (χ1n) is 8.84. The van der Waals surface area contributed by atoms with Crippen molar-refractivity contribution in [2.75, 3.05) is 31.5 Å². The lowest BCUT2D eigenvalue weighted by Gasteiger charge is -2.37. The van der Waals surface area contributed by atoms with Crippen molar-refractivity contribution in [3.05, 3.63) is 29.0 Å². The van der Waals surface area contributed by atoms with E-state index in [0.717, 1.165) is 31.7 Å². The first kappa shape index (κ1) is 18.0. The van der Waals surface area contributed by atoms with Gasteiger partial charge >= 0.3 is 6.03 Å². The molecule has 0 atom stereocenters. The van der Waals surface area contributed by atoms with E-state index in [9.17, 15) is 14.0 Å².